The molecule has 1 saturated carbocycles. The molecule has 0 spiro atoms. The molecule has 5 heteroatoms. The molecule has 1 fully saturated rings. The summed E-state index contributed by atoms with van der Waals surface area (Å²) in [6, 6.07) is 0.201. The van der Waals surface area contributed by atoms with Gasteiger partial charge in [-0.25, -0.2) is 0 Å². The van der Waals surface area contributed by atoms with Crippen molar-refractivity contribution >= 4 is 28.6 Å². The SMILES string of the molecule is CCOC(=O)C1CCC1n1cc(I)cn1. The van der Waals surface area contributed by atoms with Crippen molar-refractivity contribution < 1.29 is 9.53 Å². The van der Waals surface area contributed by atoms with Crippen LogP contribution in [0.15, 0.2) is 12.4 Å². The predicted octanol–water partition coefficient (Wildman–Crippen LogP) is 2.00. The maximum Gasteiger partial charge on any atom is 0.311 e. The smallest absolute Gasteiger partial charge is 0.311 e. The number of carbonyl (C=O) groups excluding carboxylic acids is 1. The maximum atomic E-state index is 11.6. The Bertz CT molecular complexity index is 364. The molecule has 0 aliphatic heterocycles. The van der Waals surface area contributed by atoms with Gasteiger partial charge < -0.3 is 4.74 Å². The van der Waals surface area contributed by atoms with Crippen molar-refractivity contribution in [3.8, 4) is 0 Å². The van der Waals surface area contributed by atoms with Gasteiger partial charge in [-0.1, -0.05) is 0 Å². The second-order valence-electron chi connectivity index (χ2n) is 3.64. The van der Waals surface area contributed by atoms with E-state index in [0.717, 1.165) is 16.4 Å². The van der Waals surface area contributed by atoms with Crippen molar-refractivity contribution in [3.05, 3.63) is 16.0 Å². The highest BCUT2D eigenvalue weighted by Gasteiger charge is 2.39. The van der Waals surface area contributed by atoms with Gasteiger partial charge in [0, 0.05) is 6.20 Å². The summed E-state index contributed by atoms with van der Waals surface area (Å²) >= 11 is 2.22. The zero-order valence-corrected chi connectivity index (χ0v) is 10.7. The molecule has 0 amide bonds. The van der Waals surface area contributed by atoms with Crippen molar-refractivity contribution in [3.63, 3.8) is 0 Å². The molecular formula is C10H13IN2O2. The number of esters is 1. The van der Waals surface area contributed by atoms with E-state index < -0.39 is 0 Å². The van der Waals surface area contributed by atoms with Crippen molar-refractivity contribution in [2.45, 2.75) is 25.8 Å². The standard InChI is InChI=1S/C10H13IN2O2/c1-2-15-10(14)8-3-4-9(8)13-6-7(11)5-12-13/h5-6,8-9H,2-4H2,1H3. The minimum Gasteiger partial charge on any atom is -0.466 e. The van der Waals surface area contributed by atoms with Crippen LogP contribution in [0.2, 0.25) is 0 Å². The third kappa shape index (κ3) is 2.16. The van der Waals surface area contributed by atoms with E-state index in [4.69, 9.17) is 4.74 Å². The van der Waals surface area contributed by atoms with Crippen molar-refractivity contribution in [2.75, 3.05) is 6.61 Å². The number of ether oxygens (including phenoxy) is 1. The molecule has 82 valence electrons. The molecule has 15 heavy (non-hydrogen) atoms. The fraction of sp³-hybridized carbons (Fsp3) is 0.600. The summed E-state index contributed by atoms with van der Waals surface area (Å²) in [6.45, 7) is 2.29. The summed E-state index contributed by atoms with van der Waals surface area (Å²) in [5.41, 5.74) is 0. The van der Waals surface area contributed by atoms with Crippen LogP contribution in [0, 0.1) is 9.49 Å². The maximum absolute atomic E-state index is 11.6. The molecule has 1 aromatic heterocycles. The van der Waals surface area contributed by atoms with Gasteiger partial charge in [0.15, 0.2) is 0 Å². The monoisotopic (exact) mass is 320 g/mol. The number of halogens is 1. The van der Waals surface area contributed by atoms with Crippen LogP contribution in [0.3, 0.4) is 0 Å². The Kier molecular flexibility index (Phi) is 3.28. The summed E-state index contributed by atoms with van der Waals surface area (Å²) in [5, 5.41) is 4.23. The zero-order chi connectivity index (χ0) is 10.8. The van der Waals surface area contributed by atoms with Crippen LogP contribution in [0.1, 0.15) is 25.8 Å². The molecule has 0 saturated heterocycles. The Morgan fingerprint density at radius 1 is 1.73 bits per heavy atom. The fourth-order valence-corrected chi connectivity index (χ4v) is 2.23. The van der Waals surface area contributed by atoms with Gasteiger partial charge in [0.25, 0.3) is 0 Å². The van der Waals surface area contributed by atoms with E-state index in [1.54, 1.807) is 6.20 Å². The summed E-state index contributed by atoms with van der Waals surface area (Å²) < 4.78 is 8.00. The van der Waals surface area contributed by atoms with E-state index in [9.17, 15) is 4.79 Å². The topological polar surface area (TPSA) is 44.1 Å². The summed E-state index contributed by atoms with van der Waals surface area (Å²) in [5.74, 6) is -0.0834. The summed E-state index contributed by atoms with van der Waals surface area (Å²) in [4.78, 5) is 11.6. The van der Waals surface area contributed by atoms with Gasteiger partial charge in [-0.15, -0.1) is 0 Å². The third-order valence-corrected chi connectivity index (χ3v) is 3.29. The summed E-state index contributed by atoms with van der Waals surface area (Å²) in [7, 11) is 0. The first-order chi connectivity index (χ1) is 7.22. The third-order valence-electron chi connectivity index (χ3n) is 2.74. The van der Waals surface area contributed by atoms with Crippen LogP contribution in [0.4, 0.5) is 0 Å². The largest absolute Gasteiger partial charge is 0.466 e. The number of aromatic nitrogens is 2. The van der Waals surface area contributed by atoms with Crippen LogP contribution in [0.5, 0.6) is 0 Å². The minimum atomic E-state index is -0.0840. The lowest BCUT2D eigenvalue weighted by Crippen LogP contribution is -2.36. The van der Waals surface area contributed by atoms with Crippen LogP contribution in [-0.2, 0) is 9.53 Å². The first-order valence-electron chi connectivity index (χ1n) is 5.08. The molecule has 2 rings (SSSR count). The van der Waals surface area contributed by atoms with E-state index >= 15 is 0 Å². The Morgan fingerprint density at radius 2 is 2.53 bits per heavy atom. The van der Waals surface area contributed by atoms with Gasteiger partial charge in [0.2, 0.25) is 0 Å². The van der Waals surface area contributed by atoms with E-state index in [1.165, 1.54) is 0 Å². The Balaban J connectivity index is 2.03. The lowest BCUT2D eigenvalue weighted by molar-refractivity contribution is -0.153. The zero-order valence-electron chi connectivity index (χ0n) is 8.52. The lowest BCUT2D eigenvalue weighted by Gasteiger charge is -2.34. The Morgan fingerprint density at radius 3 is 3.00 bits per heavy atom. The molecule has 1 aliphatic carbocycles. The summed E-state index contributed by atoms with van der Waals surface area (Å²) in [6.07, 6.45) is 5.71. The molecule has 2 unspecified atom stereocenters. The molecule has 1 heterocycles. The van der Waals surface area contributed by atoms with Gasteiger partial charge in [-0.2, -0.15) is 5.10 Å². The highest BCUT2D eigenvalue weighted by atomic mass is 127. The van der Waals surface area contributed by atoms with Gasteiger partial charge in [-0.3, -0.25) is 9.48 Å². The average Bonchev–Trinajstić information content (AvgIpc) is 2.50. The van der Waals surface area contributed by atoms with Crippen LogP contribution >= 0.6 is 22.6 Å². The number of nitrogens with zero attached hydrogens (tertiary/aromatic N) is 2. The van der Waals surface area contributed by atoms with Crippen molar-refractivity contribution in [1.82, 2.24) is 9.78 Å². The lowest BCUT2D eigenvalue weighted by atomic mass is 9.79. The average molecular weight is 320 g/mol. The Labute approximate surface area is 102 Å². The highest BCUT2D eigenvalue weighted by Crippen LogP contribution is 2.39. The molecule has 0 bridgehead atoms. The molecule has 1 aromatic rings. The number of hydrogen-bond donors (Lipinski definition) is 0. The molecule has 0 aromatic carbocycles. The minimum absolute atomic E-state index is 0.000602. The van der Waals surface area contributed by atoms with E-state index in [0.29, 0.717) is 6.61 Å². The second-order valence-corrected chi connectivity index (χ2v) is 4.89. The van der Waals surface area contributed by atoms with E-state index in [1.807, 2.05) is 17.8 Å². The first-order valence-corrected chi connectivity index (χ1v) is 6.16. The van der Waals surface area contributed by atoms with Crippen LogP contribution < -0.4 is 0 Å². The van der Waals surface area contributed by atoms with Gasteiger partial charge in [0.1, 0.15) is 0 Å². The second kappa shape index (κ2) is 4.51. The Hall–Kier alpha value is -0.590. The molecule has 4 nitrogen and oxygen atoms in total. The quantitative estimate of drug-likeness (QED) is 0.632. The molecule has 2 atom stereocenters. The fourth-order valence-electron chi connectivity index (χ4n) is 1.82. The van der Waals surface area contributed by atoms with Gasteiger partial charge in [0.05, 0.1) is 28.3 Å². The van der Waals surface area contributed by atoms with Gasteiger partial charge in [-0.05, 0) is 42.4 Å². The highest BCUT2D eigenvalue weighted by molar-refractivity contribution is 14.1. The molecular weight excluding hydrogens is 307 g/mol. The normalized spacial score (nSPS) is 24.7. The van der Waals surface area contributed by atoms with Gasteiger partial charge >= 0.3 is 5.97 Å². The van der Waals surface area contributed by atoms with Crippen molar-refractivity contribution in [1.29, 1.82) is 0 Å². The van der Waals surface area contributed by atoms with Crippen LogP contribution in [0.25, 0.3) is 0 Å². The van der Waals surface area contributed by atoms with Crippen molar-refractivity contribution in [2.24, 2.45) is 5.92 Å². The van der Waals surface area contributed by atoms with Crippen LogP contribution in [-0.4, -0.2) is 22.4 Å². The first kappa shape index (κ1) is 10.9. The number of rotatable bonds is 3. The molecule has 0 radical (unpaired) electrons. The van der Waals surface area contributed by atoms with E-state index in [-0.39, 0.29) is 17.9 Å². The predicted molar refractivity (Wildman–Crippen MR) is 63.3 cm³/mol. The van der Waals surface area contributed by atoms with E-state index in [2.05, 4.69) is 27.7 Å². The molecule has 0 N–H and O–H groups in total. The number of hydrogen-bond acceptors (Lipinski definition) is 3. The molecule has 1 aliphatic rings. The number of carbonyl (C=O) groups is 1.